The van der Waals surface area contributed by atoms with Gasteiger partial charge in [-0.25, -0.2) is 9.78 Å². The van der Waals surface area contributed by atoms with E-state index in [2.05, 4.69) is 31.2 Å². The van der Waals surface area contributed by atoms with Gasteiger partial charge in [0.05, 0.1) is 5.60 Å². The molecular weight excluding hydrogens is 272 g/mol. The Morgan fingerprint density at radius 2 is 2.05 bits per heavy atom. The summed E-state index contributed by atoms with van der Waals surface area (Å²) < 4.78 is 0. The second-order valence-corrected chi connectivity index (χ2v) is 7.46. The second-order valence-electron chi connectivity index (χ2n) is 6.41. The first-order chi connectivity index (χ1) is 9.50. The highest BCUT2D eigenvalue weighted by Gasteiger charge is 2.51. The van der Waals surface area contributed by atoms with Crippen LogP contribution in [-0.2, 0) is 9.78 Å². The highest BCUT2D eigenvalue weighted by Crippen LogP contribution is 2.46. The van der Waals surface area contributed by atoms with Gasteiger partial charge in [0, 0.05) is 10.6 Å². The fourth-order valence-electron chi connectivity index (χ4n) is 3.08. The van der Waals surface area contributed by atoms with Gasteiger partial charge in [-0.3, -0.25) is 0 Å². The molecule has 1 aliphatic carbocycles. The number of aliphatic hydroxyl groups is 1. The fourth-order valence-corrected chi connectivity index (χ4v) is 4.16. The summed E-state index contributed by atoms with van der Waals surface area (Å²) in [6.45, 7) is 3.97. The van der Waals surface area contributed by atoms with Crippen LogP contribution in [0.4, 0.5) is 0 Å². The predicted molar refractivity (Wildman–Crippen MR) is 79.5 cm³/mol. The first kappa shape index (κ1) is 14.4. The van der Waals surface area contributed by atoms with Gasteiger partial charge in [0.1, 0.15) is 11.7 Å². The zero-order valence-electron chi connectivity index (χ0n) is 12.0. The molecule has 1 heterocycles. The molecule has 1 unspecified atom stereocenters. The third kappa shape index (κ3) is 2.75. The van der Waals surface area contributed by atoms with Crippen LogP contribution in [0, 0.1) is 5.92 Å². The number of fused-ring (bicyclic) bond motifs is 2. The average molecular weight is 294 g/mol. The van der Waals surface area contributed by atoms with E-state index >= 15 is 0 Å². The second kappa shape index (κ2) is 5.34. The minimum atomic E-state index is -0.746. The summed E-state index contributed by atoms with van der Waals surface area (Å²) in [4.78, 5) is 12.5. The van der Waals surface area contributed by atoms with Crippen molar-refractivity contribution in [1.82, 2.24) is 0 Å². The lowest BCUT2D eigenvalue weighted by Gasteiger charge is -2.50. The Morgan fingerprint density at radius 1 is 1.30 bits per heavy atom. The minimum absolute atomic E-state index is 0.184. The fraction of sp³-hybridized carbons (Fsp3) is 0.625. The van der Waals surface area contributed by atoms with Gasteiger partial charge in [-0.1, -0.05) is 18.2 Å². The smallest absolute Gasteiger partial charge is 0.122 e. The van der Waals surface area contributed by atoms with Crippen LogP contribution in [0.2, 0.25) is 0 Å². The van der Waals surface area contributed by atoms with Gasteiger partial charge in [0.2, 0.25) is 0 Å². The van der Waals surface area contributed by atoms with Crippen molar-refractivity contribution in [2.45, 2.75) is 55.3 Å². The van der Waals surface area contributed by atoms with Crippen LogP contribution in [0.5, 0.6) is 0 Å². The molecule has 0 spiro atoms. The molecule has 3 rings (SSSR count). The van der Waals surface area contributed by atoms with E-state index in [-0.39, 0.29) is 11.7 Å². The minimum Gasteiger partial charge on any atom is -0.387 e. The van der Waals surface area contributed by atoms with Gasteiger partial charge < -0.3 is 5.11 Å². The lowest BCUT2D eigenvalue weighted by atomic mass is 9.71. The van der Waals surface area contributed by atoms with Crippen LogP contribution in [-0.4, -0.2) is 28.2 Å². The molecule has 2 aliphatic rings. The van der Waals surface area contributed by atoms with Crippen molar-refractivity contribution in [3.63, 3.8) is 0 Å². The number of hydrogen-bond acceptors (Lipinski definition) is 4. The molecule has 1 N–H and O–H groups in total. The zero-order valence-corrected chi connectivity index (χ0v) is 12.9. The van der Waals surface area contributed by atoms with Crippen LogP contribution in [0.25, 0.3) is 0 Å². The van der Waals surface area contributed by atoms with Crippen LogP contribution in [0.1, 0.15) is 33.1 Å². The molecule has 20 heavy (non-hydrogen) atoms. The summed E-state index contributed by atoms with van der Waals surface area (Å²) in [7, 11) is 0. The molecule has 2 fully saturated rings. The molecular formula is C16H22O3S. The summed E-state index contributed by atoms with van der Waals surface area (Å²) in [6.07, 6.45) is 2.49. The maximum Gasteiger partial charge on any atom is 0.122 e. The maximum atomic E-state index is 10.3. The Labute approximate surface area is 124 Å². The van der Waals surface area contributed by atoms with Crippen LogP contribution in [0.3, 0.4) is 0 Å². The summed E-state index contributed by atoms with van der Waals surface area (Å²) in [5.41, 5.74) is -1.02. The third-order valence-electron chi connectivity index (χ3n) is 4.68. The molecule has 3 nitrogen and oxygen atoms in total. The molecule has 4 atom stereocenters. The van der Waals surface area contributed by atoms with E-state index in [0.717, 1.165) is 25.0 Å². The molecule has 2 bridgehead atoms. The molecule has 4 heteroatoms. The first-order valence-electron chi connectivity index (χ1n) is 7.24. The topological polar surface area (TPSA) is 38.7 Å². The normalized spacial score (nSPS) is 40.5. The molecule has 1 aromatic rings. The summed E-state index contributed by atoms with van der Waals surface area (Å²) in [5.74, 6) is 1.33. The average Bonchev–Trinajstić information content (AvgIpc) is 2.45. The zero-order chi connectivity index (χ0) is 14.2. The van der Waals surface area contributed by atoms with Crippen LogP contribution >= 0.6 is 11.8 Å². The first-order valence-corrected chi connectivity index (χ1v) is 8.23. The van der Waals surface area contributed by atoms with E-state index in [9.17, 15) is 5.11 Å². The molecule has 110 valence electrons. The molecule has 1 aromatic carbocycles. The van der Waals surface area contributed by atoms with E-state index < -0.39 is 5.60 Å². The lowest BCUT2D eigenvalue weighted by Crippen LogP contribution is -2.57. The van der Waals surface area contributed by atoms with E-state index in [1.807, 2.05) is 13.0 Å². The number of benzene rings is 1. The summed E-state index contributed by atoms with van der Waals surface area (Å²) in [6, 6.07) is 10.4. The monoisotopic (exact) mass is 294 g/mol. The number of thioether (sulfide) groups is 1. The number of hydrogen-bond donors (Lipinski definition) is 1. The van der Waals surface area contributed by atoms with Crippen molar-refractivity contribution in [2.24, 2.45) is 5.92 Å². The number of rotatable bonds is 3. The summed E-state index contributed by atoms with van der Waals surface area (Å²) in [5, 5.41) is 10.3. The van der Waals surface area contributed by atoms with E-state index in [0.29, 0.717) is 5.92 Å². The molecule has 0 radical (unpaired) electrons. The van der Waals surface area contributed by atoms with Gasteiger partial charge >= 0.3 is 0 Å². The molecule has 1 saturated heterocycles. The van der Waals surface area contributed by atoms with Crippen molar-refractivity contribution < 1.29 is 14.9 Å². The van der Waals surface area contributed by atoms with Crippen molar-refractivity contribution >= 4 is 11.8 Å². The van der Waals surface area contributed by atoms with Gasteiger partial charge in [0.25, 0.3) is 0 Å². The highest BCUT2D eigenvalue weighted by atomic mass is 32.2. The van der Waals surface area contributed by atoms with Gasteiger partial charge in [-0.05, 0) is 51.2 Å². The predicted octanol–water partition coefficient (Wildman–Crippen LogP) is 3.42. The summed E-state index contributed by atoms with van der Waals surface area (Å²) >= 11 is 1.80. The molecule has 1 aliphatic heterocycles. The van der Waals surface area contributed by atoms with Crippen LogP contribution < -0.4 is 0 Å². The Kier molecular flexibility index (Phi) is 3.84. The van der Waals surface area contributed by atoms with Crippen molar-refractivity contribution in [2.75, 3.05) is 5.75 Å². The Balaban J connectivity index is 1.65. The van der Waals surface area contributed by atoms with Gasteiger partial charge in [-0.2, -0.15) is 0 Å². The Bertz CT molecular complexity index is 462. The largest absolute Gasteiger partial charge is 0.387 e. The standard InChI is InChI=1S/C16H22O3S/c1-15(17)9-8-12-10-14(15)18-19-16(12,2)11-20-13-6-4-3-5-7-13/h3-7,12,14,17H,8-11H2,1-2H3/t12-,14-,15-,16?/m0/s1. The lowest BCUT2D eigenvalue weighted by molar-refractivity contribution is -0.441. The molecule has 0 amide bonds. The van der Waals surface area contributed by atoms with E-state index in [1.165, 1.54) is 4.90 Å². The maximum absolute atomic E-state index is 10.3. The van der Waals surface area contributed by atoms with Crippen molar-refractivity contribution in [3.05, 3.63) is 30.3 Å². The van der Waals surface area contributed by atoms with E-state index in [1.54, 1.807) is 11.8 Å². The quantitative estimate of drug-likeness (QED) is 0.685. The van der Waals surface area contributed by atoms with Crippen molar-refractivity contribution in [1.29, 1.82) is 0 Å². The van der Waals surface area contributed by atoms with Crippen LogP contribution in [0.15, 0.2) is 35.2 Å². The SMILES string of the molecule is CC1(CSc2ccccc2)OO[C@H]2C[C@@H]1CC[C@]2(C)O. The van der Waals surface area contributed by atoms with Gasteiger partial charge in [0.15, 0.2) is 0 Å². The Hall–Kier alpha value is -0.550. The highest BCUT2D eigenvalue weighted by molar-refractivity contribution is 7.99. The Morgan fingerprint density at radius 3 is 2.80 bits per heavy atom. The van der Waals surface area contributed by atoms with Crippen molar-refractivity contribution in [3.8, 4) is 0 Å². The van der Waals surface area contributed by atoms with E-state index in [4.69, 9.17) is 9.78 Å². The third-order valence-corrected chi connectivity index (χ3v) is 6.00. The van der Waals surface area contributed by atoms with Gasteiger partial charge in [-0.15, -0.1) is 11.8 Å². The molecule has 0 aromatic heterocycles. The molecule has 1 saturated carbocycles.